The molecule has 3 heterocycles. The molecule has 7 nitrogen and oxygen atoms in total. The first-order valence-corrected chi connectivity index (χ1v) is 11.2. The molecule has 1 aromatic heterocycles. The minimum absolute atomic E-state index is 0.0743. The summed E-state index contributed by atoms with van der Waals surface area (Å²) < 4.78 is 12.2. The van der Waals surface area contributed by atoms with Crippen molar-refractivity contribution in [3.8, 4) is 17.6 Å². The number of anilines is 2. The molecule has 1 amide bonds. The molecule has 1 aromatic carbocycles. The van der Waals surface area contributed by atoms with E-state index in [1.54, 1.807) is 0 Å². The Morgan fingerprint density at radius 2 is 2.07 bits per heavy atom. The van der Waals surface area contributed by atoms with Crippen LogP contribution in [0.4, 0.5) is 10.7 Å². The highest BCUT2D eigenvalue weighted by Gasteiger charge is 2.42. The lowest BCUT2D eigenvalue weighted by molar-refractivity contribution is -0.117. The number of hydrogen-bond donors (Lipinski definition) is 2. The minimum Gasteiger partial charge on any atom is -0.448 e. The van der Waals surface area contributed by atoms with Gasteiger partial charge in [-0.25, -0.2) is 0 Å². The van der Waals surface area contributed by atoms with Gasteiger partial charge in [0.1, 0.15) is 11.1 Å². The van der Waals surface area contributed by atoms with Crippen LogP contribution >= 0.6 is 11.3 Å². The van der Waals surface area contributed by atoms with Gasteiger partial charge in [-0.05, 0) is 37.0 Å². The molecule has 156 valence electrons. The largest absolute Gasteiger partial charge is 0.448 e. The molecule has 1 aliphatic carbocycles. The topological polar surface area (TPSA) is 101 Å². The number of hydrogen-bond acceptors (Lipinski definition) is 7. The number of nitrogens with one attached hydrogen (secondary N) is 1. The minimum atomic E-state index is -0.514. The maximum absolute atomic E-state index is 12.6. The Hall–Kier alpha value is -2.76. The van der Waals surface area contributed by atoms with Gasteiger partial charge in [-0.15, -0.1) is 11.3 Å². The normalized spacial score (nSPS) is 19.3. The van der Waals surface area contributed by atoms with Gasteiger partial charge in [-0.3, -0.25) is 9.69 Å². The lowest BCUT2D eigenvalue weighted by atomic mass is 9.94. The molecule has 1 spiro atoms. The van der Waals surface area contributed by atoms with Gasteiger partial charge in [0.25, 0.3) is 5.79 Å². The number of rotatable bonds is 3. The number of fused-ring (bicyclic) bond motifs is 2. The van der Waals surface area contributed by atoms with Crippen LogP contribution in [0.3, 0.4) is 0 Å². The Balaban J connectivity index is 1.21. The first-order valence-electron chi connectivity index (χ1n) is 10.4. The number of benzene rings is 1. The number of amides is 1. The zero-order valence-electron chi connectivity index (χ0n) is 16.7. The van der Waals surface area contributed by atoms with E-state index in [4.69, 9.17) is 15.2 Å². The maximum atomic E-state index is 12.6. The summed E-state index contributed by atoms with van der Waals surface area (Å²) in [7, 11) is 0. The summed E-state index contributed by atoms with van der Waals surface area (Å²) in [5.41, 5.74) is 8.31. The first-order chi connectivity index (χ1) is 14.5. The van der Waals surface area contributed by atoms with Crippen LogP contribution in [0.25, 0.3) is 0 Å². The molecule has 0 atom stereocenters. The van der Waals surface area contributed by atoms with Crippen LogP contribution < -0.4 is 20.5 Å². The van der Waals surface area contributed by atoms with E-state index in [-0.39, 0.29) is 12.5 Å². The van der Waals surface area contributed by atoms with E-state index < -0.39 is 5.79 Å². The Morgan fingerprint density at radius 1 is 1.27 bits per heavy atom. The van der Waals surface area contributed by atoms with Crippen LogP contribution in [0.1, 0.15) is 48.1 Å². The van der Waals surface area contributed by atoms with Gasteiger partial charge in [0.2, 0.25) is 5.91 Å². The first kappa shape index (κ1) is 19.2. The molecule has 0 bridgehead atoms. The third-order valence-electron chi connectivity index (χ3n) is 6.08. The van der Waals surface area contributed by atoms with Crippen molar-refractivity contribution in [2.24, 2.45) is 0 Å². The van der Waals surface area contributed by atoms with E-state index in [2.05, 4.69) is 16.3 Å². The molecular weight excluding hydrogens is 400 g/mol. The van der Waals surface area contributed by atoms with Crippen molar-refractivity contribution in [3.05, 3.63) is 34.2 Å². The number of ether oxygens (including phenoxy) is 2. The molecule has 2 aromatic rings. The van der Waals surface area contributed by atoms with Crippen molar-refractivity contribution in [2.75, 3.05) is 24.1 Å². The fourth-order valence-electron chi connectivity index (χ4n) is 4.60. The number of nitriles is 1. The molecule has 30 heavy (non-hydrogen) atoms. The number of nitrogens with zero attached hydrogens (tertiary/aromatic N) is 2. The van der Waals surface area contributed by atoms with Gasteiger partial charge in [0, 0.05) is 42.6 Å². The van der Waals surface area contributed by atoms with E-state index in [0.29, 0.717) is 28.5 Å². The third-order valence-corrected chi connectivity index (χ3v) is 7.12. The highest BCUT2D eigenvalue weighted by atomic mass is 32.1. The van der Waals surface area contributed by atoms with E-state index in [0.717, 1.165) is 54.8 Å². The van der Waals surface area contributed by atoms with Gasteiger partial charge in [-0.2, -0.15) is 5.26 Å². The van der Waals surface area contributed by atoms with Crippen LogP contribution in [0.2, 0.25) is 0 Å². The van der Waals surface area contributed by atoms with Crippen molar-refractivity contribution < 1.29 is 14.3 Å². The smallest absolute Gasteiger partial charge is 0.251 e. The van der Waals surface area contributed by atoms with Crippen LogP contribution in [-0.2, 0) is 17.8 Å². The van der Waals surface area contributed by atoms with Gasteiger partial charge in [0.15, 0.2) is 11.5 Å². The summed E-state index contributed by atoms with van der Waals surface area (Å²) in [6.07, 6.45) is 6.00. The summed E-state index contributed by atoms with van der Waals surface area (Å²) in [6, 6.07) is 7.78. The number of nitrogen functional groups attached to an aromatic ring is 1. The van der Waals surface area contributed by atoms with E-state index in [9.17, 15) is 10.1 Å². The van der Waals surface area contributed by atoms with Gasteiger partial charge in [0.05, 0.1) is 12.1 Å². The molecule has 3 N–H and O–H groups in total. The highest BCUT2D eigenvalue weighted by molar-refractivity contribution is 7.16. The molecule has 2 aliphatic heterocycles. The summed E-state index contributed by atoms with van der Waals surface area (Å²) in [5, 5.41) is 12.8. The molecule has 8 heteroatoms. The standard InChI is InChI=1S/C22H24N4O3S/c23-11-16-15-6-9-26(12-19(15)30-21(16)24)13-20(27)25-14-4-5-17-18(10-14)29-22(28-17)7-2-1-3-8-22/h4-5,10H,1-3,6-9,12-13,24H2,(H,25,27). The maximum Gasteiger partial charge on any atom is 0.251 e. The summed E-state index contributed by atoms with van der Waals surface area (Å²) in [6.45, 7) is 1.66. The predicted molar refractivity (Wildman–Crippen MR) is 115 cm³/mol. The Bertz CT molecular complexity index is 1040. The van der Waals surface area contributed by atoms with Crippen LogP contribution in [0, 0.1) is 11.3 Å². The number of carbonyl (C=O) groups is 1. The van der Waals surface area contributed by atoms with Crippen molar-refractivity contribution >= 4 is 27.9 Å². The van der Waals surface area contributed by atoms with Crippen molar-refractivity contribution in [2.45, 2.75) is 50.9 Å². The Kier molecular flexibility index (Phi) is 4.80. The third kappa shape index (κ3) is 3.48. The van der Waals surface area contributed by atoms with Gasteiger partial charge in [-0.1, -0.05) is 6.42 Å². The van der Waals surface area contributed by atoms with E-state index in [1.165, 1.54) is 17.8 Å². The average Bonchev–Trinajstić information content (AvgIpc) is 3.23. The molecule has 0 saturated heterocycles. The molecule has 1 saturated carbocycles. The van der Waals surface area contributed by atoms with Gasteiger partial charge < -0.3 is 20.5 Å². The van der Waals surface area contributed by atoms with Crippen molar-refractivity contribution in [3.63, 3.8) is 0 Å². The zero-order chi connectivity index (χ0) is 20.7. The van der Waals surface area contributed by atoms with Crippen LogP contribution in [0.5, 0.6) is 11.5 Å². The second kappa shape index (κ2) is 7.49. The lowest BCUT2D eigenvalue weighted by Gasteiger charge is -2.31. The number of nitrogens with two attached hydrogens (primary N) is 1. The van der Waals surface area contributed by atoms with E-state index >= 15 is 0 Å². The Labute approximate surface area is 179 Å². The Morgan fingerprint density at radius 3 is 2.87 bits per heavy atom. The summed E-state index contributed by atoms with van der Waals surface area (Å²) >= 11 is 1.45. The SMILES string of the molecule is N#Cc1c(N)sc2c1CCN(CC(=O)Nc1ccc3c(c1)OC1(CCCCC1)O3)C2. The van der Waals surface area contributed by atoms with E-state index in [1.807, 2.05) is 18.2 Å². The van der Waals surface area contributed by atoms with Crippen LogP contribution in [0.15, 0.2) is 18.2 Å². The highest BCUT2D eigenvalue weighted by Crippen LogP contribution is 2.46. The molecule has 0 radical (unpaired) electrons. The summed E-state index contributed by atoms with van der Waals surface area (Å²) in [4.78, 5) is 15.8. The molecule has 5 rings (SSSR count). The molecule has 0 unspecified atom stereocenters. The van der Waals surface area contributed by atoms with Gasteiger partial charge >= 0.3 is 0 Å². The molecular formula is C22H24N4O3S. The fraction of sp³-hybridized carbons (Fsp3) is 0.455. The second-order valence-electron chi connectivity index (χ2n) is 8.20. The number of thiophene rings is 1. The predicted octanol–water partition coefficient (Wildman–Crippen LogP) is 3.63. The fourth-order valence-corrected chi connectivity index (χ4v) is 5.72. The van der Waals surface area contributed by atoms with Crippen LogP contribution in [-0.4, -0.2) is 29.7 Å². The zero-order valence-corrected chi connectivity index (χ0v) is 17.5. The second-order valence-corrected chi connectivity index (χ2v) is 9.34. The molecule has 3 aliphatic rings. The van der Waals surface area contributed by atoms with Crippen molar-refractivity contribution in [1.29, 1.82) is 5.26 Å². The summed E-state index contributed by atoms with van der Waals surface area (Å²) in [5.74, 6) is 0.867. The molecule has 1 fully saturated rings. The lowest BCUT2D eigenvalue weighted by Crippen LogP contribution is -2.40. The quantitative estimate of drug-likeness (QED) is 0.780. The average molecular weight is 425 g/mol. The number of carbonyl (C=O) groups excluding carboxylic acids is 1. The monoisotopic (exact) mass is 424 g/mol. The van der Waals surface area contributed by atoms with Crippen molar-refractivity contribution in [1.82, 2.24) is 4.90 Å².